The number of hydrogen-bond acceptors (Lipinski definition) is 1. The summed E-state index contributed by atoms with van der Waals surface area (Å²) in [6.45, 7) is 0. The summed E-state index contributed by atoms with van der Waals surface area (Å²) < 4.78 is 0. The summed E-state index contributed by atoms with van der Waals surface area (Å²) in [7, 11) is 0. The lowest BCUT2D eigenvalue weighted by molar-refractivity contribution is -0.121. The van der Waals surface area contributed by atoms with Gasteiger partial charge in [-0.05, 0) is 11.8 Å². The molecule has 0 heterocycles. The third kappa shape index (κ3) is 0.926. The topological polar surface area (TPSA) is 17.1 Å². The molecule has 1 fully saturated rings. The van der Waals surface area contributed by atoms with Gasteiger partial charge in [0.2, 0.25) is 0 Å². The Balaban J connectivity index is 2.09. The first-order chi connectivity index (χ1) is 6.88. The van der Waals surface area contributed by atoms with E-state index in [0.717, 1.165) is 0 Å². The van der Waals surface area contributed by atoms with Crippen molar-refractivity contribution in [2.45, 2.75) is 0 Å². The van der Waals surface area contributed by atoms with Crippen LogP contribution < -0.4 is 0 Å². The minimum absolute atomic E-state index is 0.112. The Kier molecular flexibility index (Phi) is 1.60. The van der Waals surface area contributed by atoms with Crippen LogP contribution in [0.25, 0.3) is 0 Å². The summed E-state index contributed by atoms with van der Waals surface area (Å²) in [6, 6.07) is 0. The minimum atomic E-state index is 0.112. The highest BCUT2D eigenvalue weighted by atomic mass is 16.1. The highest BCUT2D eigenvalue weighted by Gasteiger charge is 2.46. The van der Waals surface area contributed by atoms with E-state index in [1.165, 1.54) is 0 Å². The Morgan fingerprint density at radius 3 is 1.64 bits per heavy atom. The van der Waals surface area contributed by atoms with Gasteiger partial charge in [-0.25, -0.2) is 0 Å². The monoisotopic (exact) mass is 184 g/mol. The zero-order valence-electron chi connectivity index (χ0n) is 7.84. The van der Waals surface area contributed by atoms with E-state index in [2.05, 4.69) is 24.3 Å². The maximum absolute atomic E-state index is 12.0. The molecule has 14 heavy (non-hydrogen) atoms. The third-order valence-corrected chi connectivity index (χ3v) is 3.46. The molecule has 0 unspecified atom stereocenters. The van der Waals surface area contributed by atoms with Crippen LogP contribution in [0.5, 0.6) is 0 Å². The van der Waals surface area contributed by atoms with Crippen LogP contribution in [0.1, 0.15) is 0 Å². The van der Waals surface area contributed by atoms with E-state index in [1.54, 1.807) is 0 Å². The summed E-state index contributed by atoms with van der Waals surface area (Å²) in [5.74, 6) is 1.42. The van der Waals surface area contributed by atoms with Crippen LogP contribution in [0, 0.1) is 23.7 Å². The molecule has 0 saturated heterocycles. The van der Waals surface area contributed by atoms with Gasteiger partial charge in [-0.1, -0.05) is 48.6 Å². The molecule has 1 saturated carbocycles. The first-order valence-electron chi connectivity index (χ1n) is 5.11. The predicted molar refractivity (Wildman–Crippen MR) is 55.5 cm³/mol. The van der Waals surface area contributed by atoms with Crippen LogP contribution in [0.4, 0.5) is 0 Å². The smallest absolute Gasteiger partial charge is 0.147 e. The van der Waals surface area contributed by atoms with Crippen molar-refractivity contribution in [3.63, 3.8) is 0 Å². The molecule has 0 aromatic carbocycles. The van der Waals surface area contributed by atoms with Crippen molar-refractivity contribution in [2.75, 3.05) is 0 Å². The van der Waals surface area contributed by atoms with Crippen LogP contribution in [-0.2, 0) is 4.79 Å². The summed E-state index contributed by atoms with van der Waals surface area (Å²) in [5, 5.41) is 0. The van der Waals surface area contributed by atoms with Crippen LogP contribution >= 0.6 is 0 Å². The van der Waals surface area contributed by atoms with Crippen molar-refractivity contribution < 1.29 is 4.79 Å². The Bertz CT molecular complexity index is 348. The highest BCUT2D eigenvalue weighted by molar-refractivity contribution is 5.91. The van der Waals surface area contributed by atoms with E-state index in [1.807, 2.05) is 24.3 Å². The number of allylic oxidation sites excluding steroid dienone is 8. The molecule has 0 spiro atoms. The molecule has 3 rings (SSSR count). The fourth-order valence-corrected chi connectivity index (χ4v) is 2.78. The molecule has 1 nitrogen and oxygen atoms in total. The van der Waals surface area contributed by atoms with Gasteiger partial charge in [0.1, 0.15) is 5.78 Å². The highest BCUT2D eigenvalue weighted by Crippen LogP contribution is 2.44. The maximum atomic E-state index is 12.0. The zero-order chi connectivity index (χ0) is 9.54. The standard InChI is InChI=1S/C13H12O/c14-13-11-7-3-4-8-12(13)10-6-2-1-5-9(10)11/h1-12H/t9-,10+,11-,12+. The number of rotatable bonds is 0. The Morgan fingerprint density at radius 2 is 1.14 bits per heavy atom. The van der Waals surface area contributed by atoms with E-state index in [9.17, 15) is 4.79 Å². The van der Waals surface area contributed by atoms with E-state index >= 15 is 0 Å². The first kappa shape index (κ1) is 7.98. The molecule has 70 valence electrons. The molecular formula is C13H12O. The van der Waals surface area contributed by atoms with Gasteiger partial charge in [0.05, 0.1) is 0 Å². The molecule has 1 heteroatoms. The van der Waals surface area contributed by atoms with Gasteiger partial charge in [0.25, 0.3) is 0 Å². The van der Waals surface area contributed by atoms with Crippen molar-refractivity contribution in [3.05, 3.63) is 48.6 Å². The van der Waals surface area contributed by atoms with Crippen LogP contribution in [0.2, 0.25) is 0 Å². The quantitative estimate of drug-likeness (QED) is 0.564. The van der Waals surface area contributed by atoms with Crippen LogP contribution in [-0.4, -0.2) is 5.78 Å². The number of carbonyl (C=O) groups excluding carboxylic acids is 1. The molecule has 0 aromatic heterocycles. The van der Waals surface area contributed by atoms with Crippen LogP contribution in [0.3, 0.4) is 0 Å². The molecule has 4 atom stereocenters. The van der Waals surface area contributed by atoms with Crippen molar-refractivity contribution in [2.24, 2.45) is 23.7 Å². The van der Waals surface area contributed by atoms with E-state index in [0.29, 0.717) is 17.6 Å². The fraction of sp³-hybridized carbons (Fsp3) is 0.308. The molecule has 0 aromatic rings. The van der Waals surface area contributed by atoms with Crippen LogP contribution in [0.15, 0.2) is 48.6 Å². The van der Waals surface area contributed by atoms with Crippen molar-refractivity contribution >= 4 is 5.78 Å². The SMILES string of the molecule is O=C1[C@H]2C=CC=C[C@@H]1[C@@H]1C=CC=C[C@@H]12. The van der Waals surface area contributed by atoms with Crippen molar-refractivity contribution in [1.29, 1.82) is 0 Å². The van der Waals surface area contributed by atoms with Gasteiger partial charge in [-0.3, -0.25) is 4.79 Å². The largest absolute Gasteiger partial charge is 0.298 e. The number of fused-ring (bicyclic) bond motifs is 5. The lowest BCUT2D eigenvalue weighted by Crippen LogP contribution is -2.14. The molecule has 2 bridgehead atoms. The molecule has 0 N–H and O–H groups in total. The van der Waals surface area contributed by atoms with Gasteiger partial charge in [-0.15, -0.1) is 0 Å². The summed E-state index contributed by atoms with van der Waals surface area (Å²) in [5.41, 5.74) is 0. The second-order valence-electron chi connectivity index (χ2n) is 4.15. The Labute approximate surface area is 83.5 Å². The Hall–Kier alpha value is -1.37. The summed E-state index contributed by atoms with van der Waals surface area (Å²) >= 11 is 0. The second kappa shape index (κ2) is 2.81. The number of hydrogen-bond donors (Lipinski definition) is 0. The van der Waals surface area contributed by atoms with Gasteiger partial charge < -0.3 is 0 Å². The lowest BCUT2D eigenvalue weighted by Gasteiger charge is -2.20. The van der Waals surface area contributed by atoms with Gasteiger partial charge in [0.15, 0.2) is 0 Å². The number of Topliss-reactive ketones (excluding diaryl/α,β-unsaturated/α-hetero) is 1. The summed E-state index contributed by atoms with van der Waals surface area (Å²) in [4.78, 5) is 12.0. The van der Waals surface area contributed by atoms with E-state index in [4.69, 9.17) is 0 Å². The normalized spacial score (nSPS) is 42.7. The second-order valence-corrected chi connectivity index (χ2v) is 4.15. The summed E-state index contributed by atoms with van der Waals surface area (Å²) in [6.07, 6.45) is 16.6. The lowest BCUT2D eigenvalue weighted by atomic mass is 9.83. The van der Waals surface area contributed by atoms with Gasteiger partial charge in [-0.2, -0.15) is 0 Å². The molecule has 3 aliphatic rings. The third-order valence-electron chi connectivity index (χ3n) is 3.46. The van der Waals surface area contributed by atoms with Crippen molar-refractivity contribution in [3.8, 4) is 0 Å². The number of carbonyl (C=O) groups is 1. The molecule has 0 radical (unpaired) electrons. The minimum Gasteiger partial charge on any atom is -0.298 e. The van der Waals surface area contributed by atoms with Gasteiger partial charge >= 0.3 is 0 Å². The molecule has 3 aliphatic carbocycles. The molecule has 0 amide bonds. The average molecular weight is 184 g/mol. The number of ketones is 1. The van der Waals surface area contributed by atoms with E-state index < -0.39 is 0 Å². The maximum Gasteiger partial charge on any atom is 0.147 e. The molecule has 0 aliphatic heterocycles. The van der Waals surface area contributed by atoms with Gasteiger partial charge in [0, 0.05) is 11.8 Å². The fourth-order valence-electron chi connectivity index (χ4n) is 2.78. The average Bonchev–Trinajstić information content (AvgIpc) is 2.33. The Morgan fingerprint density at radius 1 is 0.714 bits per heavy atom. The zero-order valence-corrected chi connectivity index (χ0v) is 7.84. The molecular weight excluding hydrogens is 172 g/mol. The van der Waals surface area contributed by atoms with Crippen molar-refractivity contribution in [1.82, 2.24) is 0 Å². The predicted octanol–water partition coefficient (Wildman–Crippen LogP) is 2.29. The van der Waals surface area contributed by atoms with E-state index in [-0.39, 0.29) is 11.8 Å². The first-order valence-corrected chi connectivity index (χ1v) is 5.11.